The molecule has 1 unspecified atom stereocenters. The third-order valence-corrected chi connectivity index (χ3v) is 5.57. The summed E-state index contributed by atoms with van der Waals surface area (Å²) >= 11 is 0. The van der Waals surface area contributed by atoms with Crippen molar-refractivity contribution in [1.29, 1.82) is 0 Å². The molecule has 2 saturated heterocycles. The summed E-state index contributed by atoms with van der Waals surface area (Å²) in [7, 11) is 0. The minimum Gasteiger partial charge on any atom is -0.474 e. The van der Waals surface area contributed by atoms with Gasteiger partial charge in [-0.3, -0.25) is 5.10 Å². The highest BCUT2D eigenvalue weighted by Crippen LogP contribution is 2.34. The zero-order chi connectivity index (χ0) is 19.6. The lowest BCUT2D eigenvalue weighted by atomic mass is 10.1. The SMILES string of the molecule is CC1COCCN1c1cc(-c2n[nH]c3ccnc(OC4CCOCC4)c23)ccn1. The number of anilines is 1. The zero-order valence-electron chi connectivity index (χ0n) is 16.5. The van der Waals surface area contributed by atoms with Crippen LogP contribution < -0.4 is 9.64 Å². The van der Waals surface area contributed by atoms with Gasteiger partial charge in [-0.05, 0) is 25.1 Å². The van der Waals surface area contributed by atoms with Gasteiger partial charge in [-0.15, -0.1) is 0 Å². The molecule has 0 spiro atoms. The maximum atomic E-state index is 6.26. The van der Waals surface area contributed by atoms with E-state index < -0.39 is 0 Å². The van der Waals surface area contributed by atoms with E-state index in [4.69, 9.17) is 14.2 Å². The average molecular weight is 395 g/mol. The third-order valence-electron chi connectivity index (χ3n) is 5.57. The molecule has 5 rings (SSSR count). The summed E-state index contributed by atoms with van der Waals surface area (Å²) in [6.45, 7) is 5.87. The van der Waals surface area contributed by atoms with E-state index in [1.54, 1.807) is 6.20 Å². The molecule has 8 nitrogen and oxygen atoms in total. The molecule has 8 heteroatoms. The Balaban J connectivity index is 1.51. The van der Waals surface area contributed by atoms with E-state index >= 15 is 0 Å². The number of nitrogens with zero attached hydrogens (tertiary/aromatic N) is 4. The van der Waals surface area contributed by atoms with Gasteiger partial charge in [0.2, 0.25) is 5.88 Å². The summed E-state index contributed by atoms with van der Waals surface area (Å²) in [6, 6.07) is 6.28. The molecule has 3 aromatic rings. The second-order valence-electron chi connectivity index (χ2n) is 7.56. The average Bonchev–Trinajstić information content (AvgIpc) is 3.20. The Morgan fingerprint density at radius 3 is 2.83 bits per heavy atom. The van der Waals surface area contributed by atoms with Crippen molar-refractivity contribution in [2.75, 3.05) is 37.9 Å². The van der Waals surface area contributed by atoms with E-state index in [1.165, 1.54) is 0 Å². The molecule has 0 aromatic carbocycles. The van der Waals surface area contributed by atoms with Crippen molar-refractivity contribution in [3.05, 3.63) is 30.6 Å². The van der Waals surface area contributed by atoms with Gasteiger partial charge in [-0.25, -0.2) is 9.97 Å². The van der Waals surface area contributed by atoms with Crippen LogP contribution in [0.2, 0.25) is 0 Å². The Bertz CT molecular complexity index is 985. The highest BCUT2D eigenvalue weighted by molar-refractivity contribution is 5.96. The van der Waals surface area contributed by atoms with Crippen LogP contribution in [0.25, 0.3) is 22.2 Å². The van der Waals surface area contributed by atoms with E-state index in [-0.39, 0.29) is 12.1 Å². The number of morpholine rings is 1. The molecule has 1 N–H and O–H groups in total. The number of hydrogen-bond acceptors (Lipinski definition) is 7. The monoisotopic (exact) mass is 395 g/mol. The third kappa shape index (κ3) is 3.65. The van der Waals surface area contributed by atoms with Gasteiger partial charge in [-0.1, -0.05) is 0 Å². The first kappa shape index (κ1) is 18.3. The first-order valence-corrected chi connectivity index (χ1v) is 10.2. The molecule has 152 valence electrons. The Labute approximate surface area is 169 Å². The van der Waals surface area contributed by atoms with Crippen molar-refractivity contribution in [3.63, 3.8) is 0 Å². The van der Waals surface area contributed by atoms with Crippen molar-refractivity contribution in [3.8, 4) is 17.1 Å². The molecule has 0 bridgehead atoms. The molecule has 0 radical (unpaired) electrons. The van der Waals surface area contributed by atoms with E-state index in [0.717, 1.165) is 60.6 Å². The van der Waals surface area contributed by atoms with Gasteiger partial charge in [0.05, 0.1) is 43.4 Å². The molecule has 0 aliphatic carbocycles. The molecule has 2 aliphatic rings. The minimum atomic E-state index is 0.117. The lowest BCUT2D eigenvalue weighted by Gasteiger charge is -2.34. The fraction of sp³-hybridized carbons (Fsp3) is 0.476. The molecular weight excluding hydrogens is 370 g/mol. The molecule has 3 aromatic heterocycles. The molecule has 0 saturated carbocycles. The maximum absolute atomic E-state index is 6.26. The number of H-pyrrole nitrogens is 1. The van der Waals surface area contributed by atoms with Crippen LogP contribution in [0, 0.1) is 0 Å². The number of fused-ring (bicyclic) bond motifs is 1. The first-order valence-electron chi connectivity index (χ1n) is 10.2. The first-order chi connectivity index (χ1) is 14.3. The highest BCUT2D eigenvalue weighted by Gasteiger charge is 2.23. The van der Waals surface area contributed by atoms with E-state index in [2.05, 4.69) is 38.1 Å². The number of aromatic nitrogens is 4. The number of nitrogens with one attached hydrogen (secondary N) is 1. The van der Waals surface area contributed by atoms with Crippen molar-refractivity contribution >= 4 is 16.7 Å². The molecule has 2 aliphatic heterocycles. The molecule has 29 heavy (non-hydrogen) atoms. The molecule has 5 heterocycles. The quantitative estimate of drug-likeness (QED) is 0.727. The Kier molecular flexibility index (Phi) is 5.03. The normalized spacial score (nSPS) is 20.9. The lowest BCUT2D eigenvalue weighted by Crippen LogP contribution is -2.44. The Hall–Kier alpha value is -2.71. The van der Waals surface area contributed by atoms with Crippen LogP contribution in [0.1, 0.15) is 19.8 Å². The summed E-state index contributed by atoms with van der Waals surface area (Å²) in [4.78, 5) is 11.4. The van der Waals surface area contributed by atoms with Gasteiger partial charge in [0, 0.05) is 37.3 Å². The van der Waals surface area contributed by atoms with Crippen molar-refractivity contribution in [2.24, 2.45) is 0 Å². The van der Waals surface area contributed by atoms with Gasteiger partial charge < -0.3 is 19.1 Å². The topological polar surface area (TPSA) is 85.4 Å². The van der Waals surface area contributed by atoms with Gasteiger partial charge in [-0.2, -0.15) is 5.10 Å². The van der Waals surface area contributed by atoms with Crippen LogP contribution in [-0.2, 0) is 9.47 Å². The van der Waals surface area contributed by atoms with Crippen LogP contribution in [-0.4, -0.2) is 65.3 Å². The van der Waals surface area contributed by atoms with Gasteiger partial charge in [0.1, 0.15) is 17.6 Å². The number of rotatable bonds is 4. The summed E-state index contributed by atoms with van der Waals surface area (Å²) in [5.41, 5.74) is 2.74. The number of pyridine rings is 2. The molecular formula is C21H25N5O3. The molecule has 2 fully saturated rings. The van der Waals surface area contributed by atoms with Crippen LogP contribution in [0.15, 0.2) is 30.6 Å². The molecule has 1 atom stereocenters. The summed E-state index contributed by atoms with van der Waals surface area (Å²) in [5.74, 6) is 1.56. The van der Waals surface area contributed by atoms with Crippen molar-refractivity contribution in [2.45, 2.75) is 31.9 Å². The zero-order valence-corrected chi connectivity index (χ0v) is 16.5. The second-order valence-corrected chi connectivity index (χ2v) is 7.56. The Morgan fingerprint density at radius 2 is 1.97 bits per heavy atom. The fourth-order valence-corrected chi connectivity index (χ4v) is 3.98. The fourth-order valence-electron chi connectivity index (χ4n) is 3.98. The van der Waals surface area contributed by atoms with Crippen LogP contribution in [0.4, 0.5) is 5.82 Å². The van der Waals surface area contributed by atoms with Crippen molar-refractivity contribution in [1.82, 2.24) is 20.2 Å². The smallest absolute Gasteiger partial charge is 0.225 e. The number of hydrogen-bond donors (Lipinski definition) is 1. The van der Waals surface area contributed by atoms with Crippen LogP contribution >= 0.6 is 0 Å². The highest BCUT2D eigenvalue weighted by atomic mass is 16.5. The van der Waals surface area contributed by atoms with Crippen LogP contribution in [0.3, 0.4) is 0 Å². The summed E-state index contributed by atoms with van der Waals surface area (Å²) in [5, 5.41) is 8.62. The van der Waals surface area contributed by atoms with E-state index in [1.807, 2.05) is 18.3 Å². The predicted molar refractivity (Wildman–Crippen MR) is 109 cm³/mol. The number of ether oxygens (including phenoxy) is 3. The summed E-state index contributed by atoms with van der Waals surface area (Å²) in [6.07, 6.45) is 5.46. The minimum absolute atomic E-state index is 0.117. The lowest BCUT2D eigenvalue weighted by molar-refractivity contribution is 0.0244. The van der Waals surface area contributed by atoms with Gasteiger partial charge >= 0.3 is 0 Å². The predicted octanol–water partition coefficient (Wildman–Crippen LogP) is 2.80. The van der Waals surface area contributed by atoms with E-state index in [0.29, 0.717) is 19.1 Å². The summed E-state index contributed by atoms with van der Waals surface area (Å²) < 4.78 is 17.3. The van der Waals surface area contributed by atoms with Gasteiger partial charge in [0.15, 0.2) is 0 Å². The number of aromatic amines is 1. The molecule has 0 amide bonds. The van der Waals surface area contributed by atoms with Gasteiger partial charge in [0.25, 0.3) is 0 Å². The second kappa shape index (κ2) is 7.96. The van der Waals surface area contributed by atoms with Crippen molar-refractivity contribution < 1.29 is 14.2 Å². The standard InChI is InChI=1S/C21H25N5O3/c1-14-13-28-11-8-26(14)18-12-15(2-6-22-18)20-19-17(24-25-20)3-7-23-21(19)29-16-4-9-27-10-5-16/h2-3,6-7,12,14,16H,4-5,8-11,13H2,1H3,(H,24,25). The Morgan fingerprint density at radius 1 is 1.10 bits per heavy atom. The largest absolute Gasteiger partial charge is 0.474 e. The maximum Gasteiger partial charge on any atom is 0.225 e. The van der Waals surface area contributed by atoms with E-state index in [9.17, 15) is 0 Å². The van der Waals surface area contributed by atoms with Crippen LogP contribution in [0.5, 0.6) is 5.88 Å².